The normalized spacial score (nSPS) is 33.0. The molecule has 120 valence electrons. The Morgan fingerprint density at radius 3 is 2.38 bits per heavy atom. The van der Waals surface area contributed by atoms with Gasteiger partial charge >= 0.3 is 12.0 Å². The molecule has 0 spiro atoms. The second kappa shape index (κ2) is 7.14. The van der Waals surface area contributed by atoms with Crippen LogP contribution in [0.3, 0.4) is 0 Å². The lowest BCUT2D eigenvalue weighted by Gasteiger charge is -2.26. The second-order valence-electron chi connectivity index (χ2n) is 6.97. The highest BCUT2D eigenvalue weighted by atomic mass is 16.4. The third-order valence-electron chi connectivity index (χ3n) is 5.18. The molecule has 2 fully saturated rings. The average Bonchev–Trinajstić information content (AvgIpc) is 2.83. The maximum atomic E-state index is 12.1. The molecule has 2 N–H and O–H groups in total. The van der Waals surface area contributed by atoms with Crippen molar-refractivity contribution in [1.29, 1.82) is 0 Å². The zero-order chi connectivity index (χ0) is 15.4. The first-order chi connectivity index (χ1) is 9.97. The lowest BCUT2D eigenvalue weighted by atomic mass is 9.81. The Kier molecular flexibility index (Phi) is 5.48. The molecule has 5 heteroatoms. The van der Waals surface area contributed by atoms with Crippen molar-refractivity contribution in [2.45, 2.75) is 46.0 Å². The minimum Gasteiger partial charge on any atom is -0.481 e. The lowest BCUT2D eigenvalue weighted by Crippen LogP contribution is -2.39. The van der Waals surface area contributed by atoms with Crippen molar-refractivity contribution in [2.24, 2.45) is 23.7 Å². The largest absolute Gasteiger partial charge is 0.481 e. The van der Waals surface area contributed by atoms with E-state index in [4.69, 9.17) is 5.11 Å². The molecule has 0 aromatic carbocycles. The van der Waals surface area contributed by atoms with E-state index in [0.717, 1.165) is 18.3 Å². The van der Waals surface area contributed by atoms with Crippen LogP contribution in [0.4, 0.5) is 4.79 Å². The van der Waals surface area contributed by atoms with Gasteiger partial charge in [-0.05, 0) is 24.2 Å². The predicted molar refractivity (Wildman–Crippen MR) is 81.0 cm³/mol. The smallest absolute Gasteiger partial charge is 0.317 e. The van der Waals surface area contributed by atoms with Crippen LogP contribution in [0.15, 0.2) is 0 Å². The van der Waals surface area contributed by atoms with Crippen LogP contribution in [0.5, 0.6) is 0 Å². The molecule has 2 atom stereocenters. The topological polar surface area (TPSA) is 69.6 Å². The number of urea groups is 1. The van der Waals surface area contributed by atoms with E-state index in [1.165, 1.54) is 25.7 Å². The molecule has 2 amide bonds. The van der Waals surface area contributed by atoms with Crippen LogP contribution < -0.4 is 5.32 Å². The van der Waals surface area contributed by atoms with Crippen LogP contribution in [0.1, 0.15) is 46.0 Å². The standard InChI is InChI=1S/C16H28N2O3/c1-11-3-5-13(6-4-11)7-8-17-16(21)18-9-12(2)14(10-18)15(19)20/h11-14H,3-10H2,1-2H3,(H,17,21)(H,19,20)/t11?,12-,13?,14-/m1/s1. The summed E-state index contributed by atoms with van der Waals surface area (Å²) in [7, 11) is 0. The van der Waals surface area contributed by atoms with Crippen LogP contribution in [0, 0.1) is 23.7 Å². The summed E-state index contributed by atoms with van der Waals surface area (Å²) in [6, 6.07) is -0.102. The number of carboxylic acid groups (broad SMARTS) is 1. The van der Waals surface area contributed by atoms with Crippen molar-refractivity contribution in [1.82, 2.24) is 10.2 Å². The van der Waals surface area contributed by atoms with Crippen LogP contribution in [0.2, 0.25) is 0 Å². The van der Waals surface area contributed by atoms with Crippen molar-refractivity contribution in [3.63, 3.8) is 0 Å². The summed E-state index contributed by atoms with van der Waals surface area (Å²) in [5, 5.41) is 12.0. The number of carbonyl (C=O) groups excluding carboxylic acids is 1. The van der Waals surface area contributed by atoms with Crippen molar-refractivity contribution in [2.75, 3.05) is 19.6 Å². The van der Waals surface area contributed by atoms with Gasteiger partial charge in [0.25, 0.3) is 0 Å². The summed E-state index contributed by atoms with van der Waals surface area (Å²) < 4.78 is 0. The number of hydrogen-bond acceptors (Lipinski definition) is 2. The van der Waals surface area contributed by atoms with Gasteiger partial charge in [0.05, 0.1) is 5.92 Å². The molecular formula is C16H28N2O3. The molecule has 1 saturated carbocycles. The predicted octanol–water partition coefficient (Wildman–Crippen LogP) is 2.56. The van der Waals surface area contributed by atoms with E-state index in [0.29, 0.717) is 19.6 Å². The van der Waals surface area contributed by atoms with Gasteiger partial charge in [0.2, 0.25) is 0 Å². The number of aliphatic carboxylic acids is 1. The van der Waals surface area contributed by atoms with Gasteiger partial charge in [-0.2, -0.15) is 0 Å². The molecule has 2 aliphatic rings. The molecule has 0 unspecified atom stereocenters. The molecule has 2 rings (SSSR count). The molecule has 21 heavy (non-hydrogen) atoms. The highest BCUT2D eigenvalue weighted by Crippen LogP contribution is 2.30. The number of carboxylic acids is 1. The molecule has 1 aliphatic heterocycles. The van der Waals surface area contributed by atoms with Crippen LogP contribution in [0.25, 0.3) is 0 Å². The van der Waals surface area contributed by atoms with Gasteiger partial charge in [-0.25, -0.2) is 4.79 Å². The molecule has 0 bridgehead atoms. The molecule has 0 radical (unpaired) electrons. The highest BCUT2D eigenvalue weighted by Gasteiger charge is 2.36. The molecule has 1 heterocycles. The third-order valence-corrected chi connectivity index (χ3v) is 5.18. The summed E-state index contributed by atoms with van der Waals surface area (Å²) in [6.45, 7) is 5.80. The zero-order valence-corrected chi connectivity index (χ0v) is 13.2. The number of nitrogens with zero attached hydrogens (tertiary/aromatic N) is 1. The van der Waals surface area contributed by atoms with Gasteiger partial charge < -0.3 is 15.3 Å². The van der Waals surface area contributed by atoms with Gasteiger partial charge in [0.1, 0.15) is 0 Å². The van der Waals surface area contributed by atoms with Gasteiger partial charge in [0, 0.05) is 19.6 Å². The Morgan fingerprint density at radius 2 is 1.81 bits per heavy atom. The van der Waals surface area contributed by atoms with Crippen molar-refractivity contribution in [3.8, 4) is 0 Å². The number of hydrogen-bond donors (Lipinski definition) is 2. The Hall–Kier alpha value is -1.26. The van der Waals surface area contributed by atoms with E-state index >= 15 is 0 Å². The van der Waals surface area contributed by atoms with Gasteiger partial charge in [-0.1, -0.05) is 39.5 Å². The van der Waals surface area contributed by atoms with Crippen molar-refractivity contribution in [3.05, 3.63) is 0 Å². The number of carbonyl (C=O) groups is 2. The number of amides is 2. The second-order valence-corrected chi connectivity index (χ2v) is 6.97. The summed E-state index contributed by atoms with van der Waals surface area (Å²) in [5.41, 5.74) is 0. The lowest BCUT2D eigenvalue weighted by molar-refractivity contribution is -0.142. The Bertz CT molecular complexity index is 378. The van der Waals surface area contributed by atoms with Crippen LogP contribution in [-0.2, 0) is 4.79 Å². The number of rotatable bonds is 4. The molecule has 0 aromatic heterocycles. The molecular weight excluding hydrogens is 268 g/mol. The molecule has 0 aromatic rings. The van der Waals surface area contributed by atoms with Gasteiger partial charge in [-0.15, -0.1) is 0 Å². The average molecular weight is 296 g/mol. The van der Waals surface area contributed by atoms with Crippen LogP contribution >= 0.6 is 0 Å². The van der Waals surface area contributed by atoms with Crippen LogP contribution in [-0.4, -0.2) is 41.6 Å². The molecule has 5 nitrogen and oxygen atoms in total. The Morgan fingerprint density at radius 1 is 1.14 bits per heavy atom. The third kappa shape index (κ3) is 4.35. The SMILES string of the molecule is CC1CCC(CCNC(=O)N2C[C@@H](C)[C@H](C(=O)O)C2)CC1. The van der Waals surface area contributed by atoms with E-state index in [1.807, 2.05) is 6.92 Å². The fourth-order valence-corrected chi connectivity index (χ4v) is 3.57. The maximum Gasteiger partial charge on any atom is 0.317 e. The highest BCUT2D eigenvalue weighted by molar-refractivity contribution is 5.77. The van der Waals surface area contributed by atoms with E-state index in [9.17, 15) is 9.59 Å². The molecule has 1 aliphatic carbocycles. The summed E-state index contributed by atoms with van der Waals surface area (Å²) in [5.74, 6) is 0.415. The quantitative estimate of drug-likeness (QED) is 0.837. The Balaban J connectivity index is 1.67. The van der Waals surface area contributed by atoms with E-state index < -0.39 is 11.9 Å². The number of likely N-dealkylation sites (tertiary alicyclic amines) is 1. The van der Waals surface area contributed by atoms with E-state index in [2.05, 4.69) is 12.2 Å². The first-order valence-electron chi connectivity index (χ1n) is 8.23. The first-order valence-corrected chi connectivity index (χ1v) is 8.23. The minimum atomic E-state index is -0.797. The zero-order valence-electron chi connectivity index (χ0n) is 13.2. The summed E-state index contributed by atoms with van der Waals surface area (Å²) >= 11 is 0. The monoisotopic (exact) mass is 296 g/mol. The number of nitrogens with one attached hydrogen (secondary N) is 1. The summed E-state index contributed by atoms with van der Waals surface area (Å²) in [6.07, 6.45) is 6.22. The fraction of sp³-hybridized carbons (Fsp3) is 0.875. The van der Waals surface area contributed by atoms with Gasteiger partial charge in [0.15, 0.2) is 0 Å². The van der Waals surface area contributed by atoms with Crippen molar-refractivity contribution < 1.29 is 14.7 Å². The van der Waals surface area contributed by atoms with Gasteiger partial charge in [-0.3, -0.25) is 4.79 Å². The molecule has 1 saturated heterocycles. The fourth-order valence-electron chi connectivity index (χ4n) is 3.57. The summed E-state index contributed by atoms with van der Waals surface area (Å²) in [4.78, 5) is 24.8. The Labute approximate surface area is 127 Å². The van der Waals surface area contributed by atoms with E-state index in [1.54, 1.807) is 4.90 Å². The van der Waals surface area contributed by atoms with E-state index in [-0.39, 0.29) is 11.9 Å². The maximum absolute atomic E-state index is 12.1. The first kappa shape index (κ1) is 16.1. The minimum absolute atomic E-state index is 0.0353. The van der Waals surface area contributed by atoms with Crippen molar-refractivity contribution >= 4 is 12.0 Å².